The number of carbonyl (C=O) groups excluding carboxylic acids is 1. The van der Waals surface area contributed by atoms with Crippen LogP contribution >= 0.6 is 0 Å². The highest BCUT2D eigenvalue weighted by molar-refractivity contribution is 5.82. The Bertz CT molecular complexity index is 101. The predicted octanol–water partition coefficient (Wildman–Crippen LogP) is 2.00. The van der Waals surface area contributed by atoms with Gasteiger partial charge in [-0.1, -0.05) is 26.8 Å². The maximum absolute atomic E-state index is 10.9. The van der Waals surface area contributed by atoms with E-state index in [0.717, 1.165) is 6.42 Å². The molecule has 0 aromatic carbocycles. The molecule has 1 atom stereocenters. The first-order chi connectivity index (χ1) is 4.70. The third-order valence-electron chi connectivity index (χ3n) is 1.61. The average molecular weight is 142 g/mol. The van der Waals surface area contributed by atoms with Crippen LogP contribution in [0.3, 0.4) is 0 Å². The molecule has 1 unspecified atom stereocenters. The van der Waals surface area contributed by atoms with E-state index in [1.165, 1.54) is 0 Å². The molecule has 0 radical (unpaired) electrons. The fourth-order valence-electron chi connectivity index (χ4n) is 0.774. The van der Waals surface area contributed by atoms with Gasteiger partial charge in [-0.3, -0.25) is 0 Å². The molecule has 0 aliphatic rings. The van der Waals surface area contributed by atoms with Crippen molar-refractivity contribution >= 4 is 5.78 Å². The lowest BCUT2D eigenvalue weighted by Gasteiger charge is -2.12. The highest BCUT2D eigenvalue weighted by Gasteiger charge is 2.01. The molecule has 0 heterocycles. The lowest BCUT2D eigenvalue weighted by atomic mass is 10.0. The van der Waals surface area contributed by atoms with Crippen molar-refractivity contribution in [2.24, 2.45) is 5.92 Å². The summed E-state index contributed by atoms with van der Waals surface area (Å²) in [5.41, 5.74) is 0. The number of carbonyl (C=O) groups is 1. The summed E-state index contributed by atoms with van der Waals surface area (Å²) in [4.78, 5) is 10.9. The Labute approximate surface area is 63.0 Å². The molecule has 60 valence electrons. The maximum atomic E-state index is 10.9. The van der Waals surface area contributed by atoms with Gasteiger partial charge in [-0.2, -0.15) is 7.05 Å². The van der Waals surface area contributed by atoms with Gasteiger partial charge < -0.3 is 10.1 Å². The van der Waals surface area contributed by atoms with Crippen LogP contribution in [0, 0.1) is 5.92 Å². The molecule has 2 heteroatoms. The molecule has 0 fully saturated rings. The van der Waals surface area contributed by atoms with E-state index in [2.05, 4.69) is 19.2 Å². The topological polar surface area (TPSA) is 31.2 Å². The first kappa shape index (κ1) is 9.63. The van der Waals surface area contributed by atoms with Crippen LogP contribution in [0.5, 0.6) is 0 Å². The molecule has 10 heavy (non-hydrogen) atoms. The van der Waals surface area contributed by atoms with Crippen LogP contribution in [0.15, 0.2) is 0 Å². The zero-order chi connectivity index (χ0) is 7.98. The summed E-state index contributed by atoms with van der Waals surface area (Å²) >= 11 is 0. The second-order valence-corrected chi connectivity index (χ2v) is 2.73. The summed E-state index contributed by atoms with van der Waals surface area (Å²) in [6.45, 7) is 4.58. The van der Waals surface area contributed by atoms with E-state index in [1.54, 1.807) is 7.05 Å². The van der Waals surface area contributed by atoms with E-state index < -0.39 is 0 Å². The largest absolute Gasteiger partial charge is 0.659 e. The number of hydrogen-bond donors (Lipinski definition) is 0. The fraction of sp³-hybridized carbons (Fsp3) is 0.875. The van der Waals surface area contributed by atoms with Gasteiger partial charge >= 0.3 is 0 Å². The quantitative estimate of drug-likeness (QED) is 0.577. The lowest BCUT2D eigenvalue weighted by molar-refractivity contribution is -0.118. The SMILES string of the molecule is CCC(C)CC(=O)C[N-]C. The summed E-state index contributed by atoms with van der Waals surface area (Å²) in [5.74, 6) is 0.783. The lowest BCUT2D eigenvalue weighted by Crippen LogP contribution is -2.07. The van der Waals surface area contributed by atoms with Crippen molar-refractivity contribution in [3.8, 4) is 0 Å². The summed E-state index contributed by atoms with van der Waals surface area (Å²) in [6.07, 6.45) is 1.77. The monoisotopic (exact) mass is 142 g/mol. The van der Waals surface area contributed by atoms with Crippen LogP contribution < -0.4 is 0 Å². The van der Waals surface area contributed by atoms with Gasteiger partial charge in [0.1, 0.15) is 5.78 Å². The van der Waals surface area contributed by atoms with Crippen molar-refractivity contribution in [3.63, 3.8) is 0 Å². The van der Waals surface area contributed by atoms with E-state index in [1.807, 2.05) is 0 Å². The van der Waals surface area contributed by atoms with Gasteiger partial charge in [-0.25, -0.2) is 0 Å². The Morgan fingerprint density at radius 1 is 1.60 bits per heavy atom. The Hall–Kier alpha value is -0.370. The molecular formula is C8H16NO-. The summed E-state index contributed by atoms with van der Waals surface area (Å²) in [7, 11) is 1.68. The number of hydrogen-bond acceptors (Lipinski definition) is 1. The molecule has 0 amide bonds. The number of rotatable bonds is 5. The van der Waals surface area contributed by atoms with Gasteiger partial charge in [-0.05, 0) is 5.92 Å². The summed E-state index contributed by atoms with van der Waals surface area (Å²) in [5, 5.41) is 3.77. The number of ketones is 1. The van der Waals surface area contributed by atoms with Gasteiger partial charge in [0, 0.05) is 6.42 Å². The summed E-state index contributed by atoms with van der Waals surface area (Å²) in [6, 6.07) is 0. The third-order valence-corrected chi connectivity index (χ3v) is 1.61. The van der Waals surface area contributed by atoms with E-state index in [4.69, 9.17) is 0 Å². The molecule has 0 aliphatic heterocycles. The van der Waals surface area contributed by atoms with Gasteiger partial charge in [-0.15, -0.1) is 0 Å². The first-order valence-corrected chi connectivity index (χ1v) is 3.78. The average Bonchev–Trinajstić information content (AvgIpc) is 1.88. The van der Waals surface area contributed by atoms with E-state index in [0.29, 0.717) is 18.9 Å². The van der Waals surface area contributed by atoms with E-state index in [9.17, 15) is 4.79 Å². The molecule has 0 aromatic rings. The first-order valence-electron chi connectivity index (χ1n) is 3.78. The molecule has 0 aliphatic carbocycles. The van der Waals surface area contributed by atoms with Gasteiger partial charge in [0.15, 0.2) is 0 Å². The fourth-order valence-corrected chi connectivity index (χ4v) is 0.774. The zero-order valence-corrected chi connectivity index (χ0v) is 7.05. The van der Waals surface area contributed by atoms with Gasteiger partial charge in [0.05, 0.1) is 0 Å². The molecule has 0 aromatic heterocycles. The van der Waals surface area contributed by atoms with Gasteiger partial charge in [0.2, 0.25) is 0 Å². The predicted molar refractivity (Wildman–Crippen MR) is 43.2 cm³/mol. The smallest absolute Gasteiger partial charge is 0.112 e. The molecule has 0 spiro atoms. The number of Topliss-reactive ketones (excluding diaryl/α,β-unsaturated/α-hetero) is 1. The van der Waals surface area contributed by atoms with Crippen molar-refractivity contribution in [2.75, 3.05) is 13.6 Å². The number of likely N-dealkylation sites (N-methyl/N-ethyl adjacent to an activating group) is 1. The van der Waals surface area contributed by atoms with Crippen molar-refractivity contribution in [1.29, 1.82) is 0 Å². The summed E-state index contributed by atoms with van der Waals surface area (Å²) < 4.78 is 0. The minimum Gasteiger partial charge on any atom is -0.659 e. The molecule has 0 bridgehead atoms. The van der Waals surface area contributed by atoms with E-state index in [-0.39, 0.29) is 5.78 Å². The zero-order valence-electron chi connectivity index (χ0n) is 7.05. The van der Waals surface area contributed by atoms with Crippen LogP contribution in [0.4, 0.5) is 0 Å². The Kier molecular flexibility index (Phi) is 5.22. The maximum Gasteiger partial charge on any atom is 0.112 e. The van der Waals surface area contributed by atoms with Crippen LogP contribution in [0.25, 0.3) is 5.32 Å². The second-order valence-electron chi connectivity index (χ2n) is 2.73. The molecule has 0 saturated carbocycles. The standard InChI is InChI=1S/C8H16NO/c1-4-7(2)5-8(10)6-9-3/h7H,4-6H2,1-3H3/q-1. The van der Waals surface area contributed by atoms with Crippen molar-refractivity contribution in [2.45, 2.75) is 26.7 Å². The third kappa shape index (κ3) is 4.50. The van der Waals surface area contributed by atoms with Crippen LogP contribution in [-0.4, -0.2) is 19.4 Å². The van der Waals surface area contributed by atoms with Crippen molar-refractivity contribution in [1.82, 2.24) is 0 Å². The Morgan fingerprint density at radius 3 is 2.60 bits per heavy atom. The molecule has 0 rings (SSSR count). The van der Waals surface area contributed by atoms with Crippen molar-refractivity contribution in [3.05, 3.63) is 5.32 Å². The molecule has 0 saturated heterocycles. The highest BCUT2D eigenvalue weighted by atomic mass is 16.1. The molecular weight excluding hydrogens is 126 g/mol. The number of nitrogens with zero attached hydrogens (tertiary/aromatic N) is 1. The van der Waals surface area contributed by atoms with Gasteiger partial charge in [0.25, 0.3) is 0 Å². The van der Waals surface area contributed by atoms with Crippen LogP contribution in [0.1, 0.15) is 26.7 Å². The Morgan fingerprint density at radius 2 is 2.20 bits per heavy atom. The van der Waals surface area contributed by atoms with Crippen LogP contribution in [-0.2, 0) is 4.79 Å². The second kappa shape index (κ2) is 5.42. The van der Waals surface area contributed by atoms with Crippen LogP contribution in [0.2, 0.25) is 0 Å². The van der Waals surface area contributed by atoms with E-state index >= 15 is 0 Å². The minimum atomic E-state index is 0.261. The molecule has 2 nitrogen and oxygen atoms in total. The minimum absolute atomic E-state index is 0.261. The molecule has 0 N–H and O–H groups in total. The van der Waals surface area contributed by atoms with Crippen molar-refractivity contribution < 1.29 is 4.79 Å². The highest BCUT2D eigenvalue weighted by Crippen LogP contribution is 2.06. The normalized spacial score (nSPS) is 13.1. The Balaban J connectivity index is 3.37.